The second-order valence-corrected chi connectivity index (χ2v) is 12.9. The first kappa shape index (κ1) is 24.6. The average molecular weight is 527 g/mol. The first-order valence-corrected chi connectivity index (χ1v) is 15.0. The van der Waals surface area contributed by atoms with E-state index >= 15 is 0 Å². The Morgan fingerprint density at radius 1 is 1.14 bits per heavy atom. The van der Waals surface area contributed by atoms with E-state index in [0.29, 0.717) is 30.3 Å². The second kappa shape index (κ2) is 9.52. The number of aromatic nitrogens is 4. The van der Waals surface area contributed by atoms with E-state index in [1.54, 1.807) is 7.11 Å². The van der Waals surface area contributed by atoms with Crippen molar-refractivity contribution < 1.29 is 17.9 Å². The van der Waals surface area contributed by atoms with Crippen molar-refractivity contribution in [2.75, 3.05) is 56.8 Å². The molecule has 3 fully saturated rings. The number of morpholine rings is 1. The smallest absolute Gasteiger partial charge is 0.320 e. The van der Waals surface area contributed by atoms with Gasteiger partial charge in [-0.15, -0.1) is 0 Å². The van der Waals surface area contributed by atoms with Gasteiger partial charge in [0.2, 0.25) is 0 Å². The Bertz CT molecular complexity index is 1420. The number of rotatable bonds is 7. The summed E-state index contributed by atoms with van der Waals surface area (Å²) in [7, 11) is -1.35. The summed E-state index contributed by atoms with van der Waals surface area (Å²) in [5.74, 6) is 2.18. The largest absolute Gasteiger partial charge is 0.467 e. The zero-order valence-corrected chi connectivity index (χ0v) is 22.4. The van der Waals surface area contributed by atoms with E-state index in [4.69, 9.17) is 14.6 Å². The Balaban J connectivity index is 1.28. The van der Waals surface area contributed by atoms with Crippen molar-refractivity contribution in [1.82, 2.24) is 24.6 Å². The van der Waals surface area contributed by atoms with Crippen molar-refractivity contribution in [3.8, 4) is 11.8 Å². The maximum Gasteiger partial charge on any atom is 0.320 e. The quantitative estimate of drug-likeness (QED) is 0.459. The van der Waals surface area contributed by atoms with E-state index < -0.39 is 9.84 Å². The lowest BCUT2D eigenvalue weighted by Gasteiger charge is -2.32. The Kier molecular flexibility index (Phi) is 6.32. The van der Waals surface area contributed by atoms with Crippen molar-refractivity contribution in [3.05, 3.63) is 35.5 Å². The molecule has 0 N–H and O–H groups in total. The third kappa shape index (κ3) is 4.92. The summed E-state index contributed by atoms with van der Waals surface area (Å²) in [6.07, 6.45) is 6.51. The number of fused-ring (bicyclic) bond motifs is 3. The average Bonchev–Trinajstić information content (AvgIpc) is 3.62. The lowest BCUT2D eigenvalue weighted by molar-refractivity contribution is 0.0988. The van der Waals surface area contributed by atoms with Crippen molar-refractivity contribution in [1.29, 1.82) is 0 Å². The fourth-order valence-electron chi connectivity index (χ4n) is 6.02. The van der Waals surface area contributed by atoms with E-state index in [1.165, 1.54) is 17.4 Å². The van der Waals surface area contributed by atoms with Crippen LogP contribution in [0.25, 0.3) is 16.7 Å². The Morgan fingerprint density at radius 3 is 2.59 bits per heavy atom. The molecule has 3 aliphatic heterocycles. The van der Waals surface area contributed by atoms with Gasteiger partial charge in [0.25, 0.3) is 0 Å². The van der Waals surface area contributed by atoms with Crippen molar-refractivity contribution >= 4 is 26.6 Å². The third-order valence-electron chi connectivity index (χ3n) is 8.03. The molecule has 37 heavy (non-hydrogen) atoms. The van der Waals surface area contributed by atoms with Gasteiger partial charge in [0.1, 0.15) is 15.7 Å². The van der Waals surface area contributed by atoms with Crippen LogP contribution in [0.2, 0.25) is 0 Å². The summed E-state index contributed by atoms with van der Waals surface area (Å²) in [5, 5.41) is 5.77. The molecule has 3 saturated heterocycles. The molecule has 2 bridgehead atoms. The van der Waals surface area contributed by atoms with E-state index in [0.717, 1.165) is 62.2 Å². The van der Waals surface area contributed by atoms with Gasteiger partial charge in [-0.2, -0.15) is 15.1 Å². The number of nitrogens with zero attached hydrogens (tertiary/aromatic N) is 6. The molecule has 0 spiro atoms. The highest BCUT2D eigenvalue weighted by Gasteiger charge is 2.40. The molecule has 6 rings (SSSR count). The number of sulfone groups is 1. The van der Waals surface area contributed by atoms with Gasteiger partial charge in [-0.1, -0.05) is 0 Å². The summed E-state index contributed by atoms with van der Waals surface area (Å²) in [6.45, 7) is 6.15. The number of ether oxygens (including phenoxy) is 2. The van der Waals surface area contributed by atoms with Crippen molar-refractivity contribution in [2.24, 2.45) is 0 Å². The molecular weight excluding hydrogens is 492 g/mol. The number of aryl methyl sites for hydroxylation is 1. The van der Waals surface area contributed by atoms with Gasteiger partial charge in [0.15, 0.2) is 5.82 Å². The molecule has 3 aromatic rings. The first-order valence-electron chi connectivity index (χ1n) is 13.0. The molecule has 2 atom stereocenters. The Hall–Kier alpha value is -2.76. The molecular formula is C26H34N6O4S. The first-order chi connectivity index (χ1) is 17.8. The molecule has 0 saturated carbocycles. The molecule has 3 aliphatic rings. The summed E-state index contributed by atoms with van der Waals surface area (Å²) in [4.78, 5) is 13.8. The maximum atomic E-state index is 11.6. The highest BCUT2D eigenvalue weighted by molar-refractivity contribution is 7.90. The van der Waals surface area contributed by atoms with Gasteiger partial charge in [-0.3, -0.25) is 0 Å². The molecule has 2 unspecified atom stereocenters. The number of anilines is 1. The molecule has 5 heterocycles. The molecule has 11 heteroatoms. The van der Waals surface area contributed by atoms with Crippen LogP contribution in [0.15, 0.2) is 24.4 Å². The fourth-order valence-corrected chi connectivity index (χ4v) is 6.61. The standard InChI is InChI=1S/C26H34N6O4S/c1-17-10-19-14-27-32(23(19)12-22(17)18-4-6-30(7-5-18)8-9-37(3,33)34)25-13-24(28-26(29-25)35-2)31-15-21-11-20(31)16-36-21/h10,12-14,18,20-21H,4-9,11,15-16H2,1-3H3. The summed E-state index contributed by atoms with van der Waals surface area (Å²) in [5.41, 5.74) is 3.60. The van der Waals surface area contributed by atoms with E-state index in [9.17, 15) is 8.42 Å². The van der Waals surface area contributed by atoms with Crippen LogP contribution in [0.1, 0.15) is 36.3 Å². The minimum Gasteiger partial charge on any atom is -0.467 e. The molecule has 0 aliphatic carbocycles. The number of hydrogen-bond acceptors (Lipinski definition) is 9. The lowest BCUT2D eigenvalue weighted by atomic mass is 9.86. The molecule has 198 valence electrons. The topological polar surface area (TPSA) is 103 Å². The SMILES string of the molecule is COc1nc(N2CC3CC2CO3)cc(-n2ncc3cc(C)c(C4CCN(CCS(C)(=O)=O)CC4)cc32)n1. The van der Waals surface area contributed by atoms with Crippen LogP contribution in [0.4, 0.5) is 5.82 Å². The van der Waals surface area contributed by atoms with Crippen LogP contribution in [0.5, 0.6) is 6.01 Å². The van der Waals surface area contributed by atoms with Gasteiger partial charge >= 0.3 is 6.01 Å². The van der Waals surface area contributed by atoms with Gasteiger partial charge in [0, 0.05) is 30.8 Å². The summed E-state index contributed by atoms with van der Waals surface area (Å²) in [6, 6.07) is 7.13. The predicted octanol–water partition coefficient (Wildman–Crippen LogP) is 2.33. The normalized spacial score (nSPS) is 22.8. The minimum atomic E-state index is -2.94. The number of hydrogen-bond donors (Lipinski definition) is 0. The number of methoxy groups -OCH3 is 1. The van der Waals surface area contributed by atoms with Crippen molar-refractivity contribution in [2.45, 2.75) is 44.2 Å². The molecule has 1 aromatic carbocycles. The molecule has 0 amide bonds. The Labute approximate surface area is 217 Å². The fraction of sp³-hybridized carbons (Fsp3) is 0.577. The maximum absolute atomic E-state index is 11.6. The molecule has 0 radical (unpaired) electrons. The van der Waals surface area contributed by atoms with Crippen LogP contribution in [0, 0.1) is 6.92 Å². The predicted molar refractivity (Wildman–Crippen MR) is 142 cm³/mol. The second-order valence-electron chi connectivity index (χ2n) is 10.6. The number of likely N-dealkylation sites (tertiary alicyclic amines) is 1. The van der Waals surface area contributed by atoms with Crippen LogP contribution < -0.4 is 9.64 Å². The van der Waals surface area contributed by atoms with Gasteiger partial charge in [0.05, 0.1) is 43.3 Å². The van der Waals surface area contributed by atoms with E-state index in [2.05, 4.69) is 38.8 Å². The summed E-state index contributed by atoms with van der Waals surface area (Å²) >= 11 is 0. The molecule has 2 aromatic heterocycles. The zero-order valence-electron chi connectivity index (χ0n) is 21.6. The third-order valence-corrected chi connectivity index (χ3v) is 8.96. The van der Waals surface area contributed by atoms with Gasteiger partial charge < -0.3 is 19.3 Å². The van der Waals surface area contributed by atoms with Gasteiger partial charge in [-0.05, 0) is 68.5 Å². The lowest BCUT2D eigenvalue weighted by Crippen LogP contribution is -2.37. The Morgan fingerprint density at radius 2 is 1.92 bits per heavy atom. The van der Waals surface area contributed by atoms with Crippen LogP contribution in [-0.2, 0) is 14.6 Å². The van der Waals surface area contributed by atoms with Gasteiger partial charge in [-0.25, -0.2) is 13.1 Å². The van der Waals surface area contributed by atoms with Crippen LogP contribution in [0.3, 0.4) is 0 Å². The highest BCUT2D eigenvalue weighted by atomic mass is 32.2. The van der Waals surface area contributed by atoms with E-state index in [-0.39, 0.29) is 11.9 Å². The van der Waals surface area contributed by atoms with E-state index in [1.807, 2.05) is 16.9 Å². The number of piperidine rings is 1. The van der Waals surface area contributed by atoms with Crippen LogP contribution >= 0.6 is 0 Å². The monoisotopic (exact) mass is 526 g/mol. The zero-order chi connectivity index (χ0) is 25.7. The molecule has 10 nitrogen and oxygen atoms in total. The summed E-state index contributed by atoms with van der Waals surface area (Å²) < 4.78 is 36.3. The number of benzene rings is 1. The van der Waals surface area contributed by atoms with Crippen LogP contribution in [-0.4, -0.2) is 97.1 Å². The minimum absolute atomic E-state index is 0.220. The van der Waals surface area contributed by atoms with Crippen molar-refractivity contribution in [3.63, 3.8) is 0 Å². The highest BCUT2D eigenvalue weighted by Crippen LogP contribution is 2.35.